The molecule has 3 heteroatoms. The van der Waals surface area contributed by atoms with E-state index in [0.717, 1.165) is 13.0 Å². The topological polar surface area (TPSA) is 29.5 Å². The molecule has 80 valence electrons. The molecule has 1 aliphatic heterocycles. The van der Waals surface area contributed by atoms with Crippen molar-refractivity contribution in [2.75, 3.05) is 13.2 Å². The predicted molar refractivity (Wildman–Crippen MR) is 57.6 cm³/mol. The molecule has 1 heterocycles. The highest BCUT2D eigenvalue weighted by molar-refractivity contribution is 5.68. The number of fused-ring (bicyclic) bond motifs is 1. The summed E-state index contributed by atoms with van der Waals surface area (Å²) in [6, 6.07) is 8.24. The van der Waals surface area contributed by atoms with Crippen LogP contribution in [-0.2, 0) is 17.7 Å². The summed E-state index contributed by atoms with van der Waals surface area (Å²) < 4.78 is 4.98. The Morgan fingerprint density at radius 3 is 2.87 bits per heavy atom. The minimum Gasteiger partial charge on any atom is -0.450 e. The van der Waals surface area contributed by atoms with E-state index in [1.165, 1.54) is 11.1 Å². The summed E-state index contributed by atoms with van der Waals surface area (Å²) in [5.74, 6) is 0. The van der Waals surface area contributed by atoms with Crippen molar-refractivity contribution in [2.45, 2.75) is 19.9 Å². The van der Waals surface area contributed by atoms with Crippen molar-refractivity contribution in [3.05, 3.63) is 35.4 Å². The normalized spacial score (nSPS) is 14.6. The number of hydrogen-bond acceptors (Lipinski definition) is 2. The highest BCUT2D eigenvalue weighted by Gasteiger charge is 2.20. The van der Waals surface area contributed by atoms with Crippen molar-refractivity contribution < 1.29 is 9.53 Å². The van der Waals surface area contributed by atoms with E-state index in [1.54, 1.807) is 4.90 Å². The number of nitrogens with zero attached hydrogens (tertiary/aromatic N) is 1. The third kappa shape index (κ3) is 2.12. The molecule has 3 nitrogen and oxygen atoms in total. The lowest BCUT2D eigenvalue weighted by molar-refractivity contribution is 0.102. The van der Waals surface area contributed by atoms with Gasteiger partial charge in [0.15, 0.2) is 0 Å². The summed E-state index contributed by atoms with van der Waals surface area (Å²) in [6.45, 7) is 3.71. The zero-order valence-corrected chi connectivity index (χ0v) is 8.90. The summed E-state index contributed by atoms with van der Waals surface area (Å²) in [5, 5.41) is 0. The Kier molecular flexibility index (Phi) is 2.90. The lowest BCUT2D eigenvalue weighted by Gasteiger charge is -2.27. The minimum atomic E-state index is -0.202. The second-order valence-corrected chi connectivity index (χ2v) is 3.64. The Hall–Kier alpha value is -1.51. The van der Waals surface area contributed by atoms with Crippen molar-refractivity contribution in [1.29, 1.82) is 0 Å². The van der Waals surface area contributed by atoms with Gasteiger partial charge in [-0.1, -0.05) is 24.3 Å². The molecular weight excluding hydrogens is 189 g/mol. The van der Waals surface area contributed by atoms with Gasteiger partial charge in [-0.25, -0.2) is 4.79 Å². The lowest BCUT2D eigenvalue weighted by atomic mass is 9.97. The number of carbonyl (C=O) groups is 1. The van der Waals surface area contributed by atoms with Gasteiger partial charge in [0.1, 0.15) is 0 Å². The van der Waals surface area contributed by atoms with Crippen LogP contribution in [0.2, 0.25) is 0 Å². The third-order valence-electron chi connectivity index (χ3n) is 2.66. The zero-order valence-electron chi connectivity index (χ0n) is 8.90. The first-order valence-corrected chi connectivity index (χ1v) is 5.29. The molecule has 0 aliphatic carbocycles. The molecule has 0 radical (unpaired) electrons. The second-order valence-electron chi connectivity index (χ2n) is 3.64. The van der Waals surface area contributed by atoms with Gasteiger partial charge >= 0.3 is 6.09 Å². The Balaban J connectivity index is 2.08. The fraction of sp³-hybridized carbons (Fsp3) is 0.417. The molecule has 1 aliphatic rings. The summed E-state index contributed by atoms with van der Waals surface area (Å²) in [7, 11) is 0. The molecule has 0 aromatic heterocycles. The maximum absolute atomic E-state index is 11.5. The van der Waals surface area contributed by atoms with Crippen LogP contribution < -0.4 is 0 Å². The molecule has 1 amide bonds. The van der Waals surface area contributed by atoms with Crippen molar-refractivity contribution in [3.8, 4) is 0 Å². The molecule has 0 atom stereocenters. The number of amides is 1. The van der Waals surface area contributed by atoms with Crippen LogP contribution in [0.5, 0.6) is 0 Å². The molecule has 0 spiro atoms. The predicted octanol–water partition coefficient (Wildman–Crippen LogP) is 2.20. The molecule has 1 aromatic rings. The number of carbonyl (C=O) groups excluding carboxylic acids is 1. The Morgan fingerprint density at radius 2 is 2.13 bits per heavy atom. The number of hydrogen-bond donors (Lipinski definition) is 0. The summed E-state index contributed by atoms with van der Waals surface area (Å²) in [5.41, 5.74) is 2.58. The van der Waals surface area contributed by atoms with E-state index in [-0.39, 0.29) is 6.09 Å². The van der Waals surface area contributed by atoms with Gasteiger partial charge in [-0.15, -0.1) is 0 Å². The fourth-order valence-corrected chi connectivity index (χ4v) is 1.87. The number of benzene rings is 1. The Morgan fingerprint density at radius 1 is 1.40 bits per heavy atom. The van der Waals surface area contributed by atoms with E-state index >= 15 is 0 Å². The van der Waals surface area contributed by atoms with Crippen LogP contribution in [-0.4, -0.2) is 24.1 Å². The Labute approximate surface area is 89.7 Å². The minimum absolute atomic E-state index is 0.202. The van der Waals surface area contributed by atoms with Gasteiger partial charge in [0.25, 0.3) is 0 Å². The molecule has 15 heavy (non-hydrogen) atoms. The van der Waals surface area contributed by atoms with Crippen LogP contribution in [0.1, 0.15) is 18.1 Å². The first-order chi connectivity index (χ1) is 7.31. The van der Waals surface area contributed by atoms with Gasteiger partial charge in [0.05, 0.1) is 6.61 Å². The van der Waals surface area contributed by atoms with Crippen LogP contribution in [0.4, 0.5) is 4.79 Å². The van der Waals surface area contributed by atoms with Gasteiger partial charge < -0.3 is 9.64 Å². The Bertz CT molecular complexity index is 362. The van der Waals surface area contributed by atoms with Crippen LogP contribution in [0.15, 0.2) is 24.3 Å². The van der Waals surface area contributed by atoms with Crippen LogP contribution in [0.25, 0.3) is 0 Å². The lowest BCUT2D eigenvalue weighted by Crippen LogP contribution is -2.36. The van der Waals surface area contributed by atoms with Gasteiger partial charge in [0, 0.05) is 13.1 Å². The maximum atomic E-state index is 11.5. The van der Waals surface area contributed by atoms with E-state index in [2.05, 4.69) is 12.1 Å². The average Bonchev–Trinajstić information content (AvgIpc) is 2.29. The van der Waals surface area contributed by atoms with Crippen LogP contribution in [0, 0.1) is 0 Å². The molecule has 0 fully saturated rings. The molecule has 0 saturated heterocycles. The standard InChI is InChI=1S/C12H15NO2/c1-2-15-12(14)13-8-7-10-5-3-4-6-11(10)9-13/h3-6H,2,7-9H2,1H3/i12-1. The SMILES string of the molecule is CCO[11C](=O)N1CCc2ccccc2C1. The summed E-state index contributed by atoms with van der Waals surface area (Å²) in [4.78, 5) is 13.3. The van der Waals surface area contributed by atoms with Crippen molar-refractivity contribution in [2.24, 2.45) is 0 Å². The van der Waals surface area contributed by atoms with E-state index in [9.17, 15) is 4.79 Å². The van der Waals surface area contributed by atoms with E-state index in [1.807, 2.05) is 19.1 Å². The van der Waals surface area contributed by atoms with Gasteiger partial charge in [-0.05, 0) is 24.5 Å². The van der Waals surface area contributed by atoms with Crippen LogP contribution >= 0.6 is 0 Å². The largest absolute Gasteiger partial charge is 0.450 e. The first-order valence-electron chi connectivity index (χ1n) is 5.29. The average molecular weight is 204 g/mol. The third-order valence-corrected chi connectivity index (χ3v) is 2.66. The fourth-order valence-electron chi connectivity index (χ4n) is 1.87. The van der Waals surface area contributed by atoms with Crippen molar-refractivity contribution >= 4 is 6.09 Å². The molecule has 0 unspecified atom stereocenters. The molecule has 1 aromatic carbocycles. The summed E-state index contributed by atoms with van der Waals surface area (Å²) >= 11 is 0. The van der Waals surface area contributed by atoms with Gasteiger partial charge in [-0.2, -0.15) is 0 Å². The smallest absolute Gasteiger partial charge is 0.410 e. The highest BCUT2D eigenvalue weighted by Crippen LogP contribution is 2.18. The van der Waals surface area contributed by atoms with Crippen LogP contribution in [0.3, 0.4) is 0 Å². The van der Waals surface area contributed by atoms with Crippen molar-refractivity contribution in [1.82, 2.24) is 4.90 Å². The maximum Gasteiger partial charge on any atom is 0.410 e. The highest BCUT2D eigenvalue weighted by atomic mass is 16.5. The molecule has 0 saturated carbocycles. The molecular formula is C12H15NO2. The van der Waals surface area contributed by atoms with E-state index in [4.69, 9.17) is 4.74 Å². The number of rotatable bonds is 1. The van der Waals surface area contributed by atoms with Gasteiger partial charge in [-0.3, -0.25) is 0 Å². The molecule has 0 N–H and O–H groups in total. The zero-order chi connectivity index (χ0) is 10.7. The van der Waals surface area contributed by atoms with Gasteiger partial charge in [0.2, 0.25) is 0 Å². The first kappa shape index (κ1) is 10.0. The van der Waals surface area contributed by atoms with E-state index < -0.39 is 0 Å². The quantitative estimate of drug-likeness (QED) is 0.701. The molecule has 0 bridgehead atoms. The monoisotopic (exact) mass is 204 g/mol. The van der Waals surface area contributed by atoms with Crippen molar-refractivity contribution in [3.63, 3.8) is 0 Å². The second kappa shape index (κ2) is 4.34. The number of ether oxygens (including phenoxy) is 1. The summed E-state index contributed by atoms with van der Waals surface area (Å²) in [6.07, 6.45) is 0.724. The van der Waals surface area contributed by atoms with E-state index in [0.29, 0.717) is 13.2 Å². The molecule has 2 rings (SSSR count).